The van der Waals surface area contributed by atoms with E-state index in [1.165, 1.54) is 41.9 Å². The number of aryl methyl sites for hydroxylation is 2. The van der Waals surface area contributed by atoms with Crippen LogP contribution in [0.25, 0.3) is 0 Å². The number of anilines is 2. The Balaban J connectivity index is 1.48. The highest BCUT2D eigenvalue weighted by Gasteiger charge is 2.15. The fourth-order valence-corrected chi connectivity index (χ4v) is 4.41. The van der Waals surface area contributed by atoms with Crippen LogP contribution in [0.2, 0.25) is 0 Å². The second kappa shape index (κ2) is 9.73. The van der Waals surface area contributed by atoms with E-state index in [0.717, 1.165) is 30.8 Å². The molecular formula is C22H28N2O3S. The molecular weight excluding hydrogens is 372 g/mol. The topological polar surface area (TPSA) is 58.6 Å². The third-order valence-electron chi connectivity index (χ3n) is 4.95. The third-order valence-corrected chi connectivity index (χ3v) is 6.02. The van der Waals surface area contributed by atoms with E-state index in [1.54, 1.807) is 0 Å². The standard InChI is InChI=1S/C22H28N2O3S/c1-3-7-17-14-20(28-16(17)2)22(26)27-15-21(25)23-18-8-10-19(11-9-18)24-12-5-4-6-13-24/h8-11,14H,3-7,12-13,15H2,1-2H3,(H,23,25). The Hall–Kier alpha value is -2.34. The molecule has 6 heteroatoms. The first-order valence-corrected chi connectivity index (χ1v) is 10.8. The maximum Gasteiger partial charge on any atom is 0.348 e. The molecule has 0 bridgehead atoms. The molecule has 0 aliphatic carbocycles. The smallest absolute Gasteiger partial charge is 0.348 e. The number of hydrogen-bond donors (Lipinski definition) is 1. The SMILES string of the molecule is CCCc1cc(C(=O)OCC(=O)Nc2ccc(N3CCCCC3)cc2)sc1C. The first-order valence-electron chi connectivity index (χ1n) is 9.98. The second-order valence-electron chi connectivity index (χ2n) is 7.16. The summed E-state index contributed by atoms with van der Waals surface area (Å²) in [5, 5.41) is 2.78. The van der Waals surface area contributed by atoms with E-state index in [4.69, 9.17) is 4.74 Å². The minimum absolute atomic E-state index is 0.285. The highest BCUT2D eigenvalue weighted by atomic mass is 32.1. The van der Waals surface area contributed by atoms with Gasteiger partial charge in [0.25, 0.3) is 5.91 Å². The highest BCUT2D eigenvalue weighted by Crippen LogP contribution is 2.24. The number of ether oxygens (including phenoxy) is 1. The van der Waals surface area contributed by atoms with E-state index < -0.39 is 5.97 Å². The van der Waals surface area contributed by atoms with Crippen molar-refractivity contribution >= 4 is 34.6 Å². The van der Waals surface area contributed by atoms with Gasteiger partial charge in [0.1, 0.15) is 4.88 Å². The van der Waals surface area contributed by atoms with Gasteiger partial charge >= 0.3 is 5.97 Å². The van der Waals surface area contributed by atoms with Gasteiger partial charge in [0.2, 0.25) is 0 Å². The molecule has 150 valence electrons. The Morgan fingerprint density at radius 2 is 1.86 bits per heavy atom. The lowest BCUT2D eigenvalue weighted by Crippen LogP contribution is -2.29. The Labute approximate surface area is 170 Å². The van der Waals surface area contributed by atoms with E-state index in [1.807, 2.05) is 37.3 Å². The van der Waals surface area contributed by atoms with Crippen LogP contribution < -0.4 is 10.2 Å². The van der Waals surface area contributed by atoms with Gasteiger partial charge in [0, 0.05) is 29.3 Å². The van der Waals surface area contributed by atoms with Crippen LogP contribution in [0.4, 0.5) is 11.4 Å². The minimum atomic E-state index is -0.439. The fourth-order valence-electron chi connectivity index (χ4n) is 3.44. The zero-order valence-electron chi connectivity index (χ0n) is 16.6. The van der Waals surface area contributed by atoms with E-state index in [9.17, 15) is 9.59 Å². The van der Waals surface area contributed by atoms with Crippen molar-refractivity contribution in [3.8, 4) is 0 Å². The molecule has 1 aromatic carbocycles. The van der Waals surface area contributed by atoms with Crippen LogP contribution in [0.5, 0.6) is 0 Å². The average molecular weight is 401 g/mol. The van der Waals surface area contributed by atoms with Crippen LogP contribution >= 0.6 is 11.3 Å². The lowest BCUT2D eigenvalue weighted by atomic mass is 10.1. The zero-order valence-corrected chi connectivity index (χ0v) is 17.4. The summed E-state index contributed by atoms with van der Waals surface area (Å²) in [4.78, 5) is 28.4. The summed E-state index contributed by atoms with van der Waals surface area (Å²) in [5.74, 6) is -0.771. The molecule has 0 spiro atoms. The number of rotatable bonds is 7. The van der Waals surface area contributed by atoms with Crippen molar-refractivity contribution in [1.29, 1.82) is 0 Å². The molecule has 0 radical (unpaired) electrons. The van der Waals surface area contributed by atoms with Crippen molar-refractivity contribution in [2.24, 2.45) is 0 Å². The van der Waals surface area contributed by atoms with Crippen molar-refractivity contribution in [3.05, 3.63) is 45.6 Å². The van der Waals surface area contributed by atoms with Crippen LogP contribution in [0.3, 0.4) is 0 Å². The molecule has 2 aromatic rings. The maximum atomic E-state index is 12.2. The van der Waals surface area contributed by atoms with Crippen molar-refractivity contribution < 1.29 is 14.3 Å². The number of hydrogen-bond acceptors (Lipinski definition) is 5. The Morgan fingerprint density at radius 3 is 2.54 bits per heavy atom. The van der Waals surface area contributed by atoms with Crippen molar-refractivity contribution in [2.45, 2.75) is 46.0 Å². The highest BCUT2D eigenvalue weighted by molar-refractivity contribution is 7.14. The van der Waals surface area contributed by atoms with Crippen molar-refractivity contribution in [1.82, 2.24) is 0 Å². The number of carbonyl (C=O) groups is 2. The van der Waals surface area contributed by atoms with Gasteiger partial charge in [-0.1, -0.05) is 13.3 Å². The first kappa shape index (κ1) is 20.4. The summed E-state index contributed by atoms with van der Waals surface area (Å²) in [6.07, 6.45) is 5.74. The molecule has 1 saturated heterocycles. The number of nitrogens with zero attached hydrogens (tertiary/aromatic N) is 1. The van der Waals surface area contributed by atoms with E-state index >= 15 is 0 Å². The average Bonchev–Trinajstić information content (AvgIpc) is 3.08. The summed E-state index contributed by atoms with van der Waals surface area (Å²) in [6.45, 7) is 6.01. The van der Waals surface area contributed by atoms with Gasteiger partial charge in [-0.05, 0) is 68.5 Å². The van der Waals surface area contributed by atoms with Gasteiger partial charge in [0.15, 0.2) is 6.61 Å². The first-order chi connectivity index (χ1) is 13.6. The molecule has 1 aliphatic heterocycles. The van der Waals surface area contributed by atoms with Crippen molar-refractivity contribution in [2.75, 3.05) is 29.9 Å². The van der Waals surface area contributed by atoms with Gasteiger partial charge in [-0.2, -0.15) is 0 Å². The van der Waals surface area contributed by atoms with Crippen molar-refractivity contribution in [3.63, 3.8) is 0 Å². The number of benzene rings is 1. The molecule has 0 unspecified atom stereocenters. The molecule has 5 nitrogen and oxygen atoms in total. The van der Waals surface area contributed by atoms with Crippen LogP contribution in [0, 0.1) is 6.92 Å². The van der Waals surface area contributed by atoms with Gasteiger partial charge in [-0.25, -0.2) is 4.79 Å². The Bertz CT molecular complexity index is 808. The summed E-state index contributed by atoms with van der Waals surface area (Å²) in [5.41, 5.74) is 3.07. The quantitative estimate of drug-likeness (QED) is 0.679. The predicted molar refractivity (Wildman–Crippen MR) is 114 cm³/mol. The minimum Gasteiger partial charge on any atom is -0.451 e. The number of piperidine rings is 1. The molecule has 1 fully saturated rings. The summed E-state index contributed by atoms with van der Waals surface area (Å²) >= 11 is 1.42. The lowest BCUT2D eigenvalue weighted by molar-refractivity contribution is -0.119. The monoisotopic (exact) mass is 400 g/mol. The number of nitrogens with one attached hydrogen (secondary N) is 1. The number of carbonyl (C=O) groups excluding carboxylic acids is 2. The van der Waals surface area contributed by atoms with Gasteiger partial charge in [-0.15, -0.1) is 11.3 Å². The number of amides is 1. The zero-order chi connectivity index (χ0) is 19.9. The van der Waals surface area contributed by atoms with Crippen LogP contribution in [-0.2, 0) is 16.0 Å². The Morgan fingerprint density at radius 1 is 1.14 bits per heavy atom. The summed E-state index contributed by atoms with van der Waals surface area (Å²) < 4.78 is 5.18. The van der Waals surface area contributed by atoms with E-state index in [2.05, 4.69) is 17.1 Å². The molecule has 3 rings (SSSR count). The van der Waals surface area contributed by atoms with Crippen LogP contribution in [0.1, 0.15) is 52.7 Å². The van der Waals surface area contributed by atoms with Gasteiger partial charge in [0.05, 0.1) is 0 Å². The molecule has 0 saturated carbocycles. The molecule has 1 N–H and O–H groups in total. The van der Waals surface area contributed by atoms with Crippen LogP contribution in [0.15, 0.2) is 30.3 Å². The molecule has 1 aromatic heterocycles. The largest absolute Gasteiger partial charge is 0.451 e. The van der Waals surface area contributed by atoms with E-state index in [-0.39, 0.29) is 12.5 Å². The number of thiophene rings is 1. The third kappa shape index (κ3) is 5.35. The van der Waals surface area contributed by atoms with E-state index in [0.29, 0.717) is 10.6 Å². The Kier molecular flexibility index (Phi) is 7.09. The molecule has 2 heterocycles. The molecule has 1 aliphatic rings. The molecule has 1 amide bonds. The summed E-state index contributed by atoms with van der Waals surface area (Å²) in [6, 6.07) is 9.71. The number of esters is 1. The molecule has 28 heavy (non-hydrogen) atoms. The second-order valence-corrected chi connectivity index (χ2v) is 8.42. The maximum absolute atomic E-state index is 12.2. The lowest BCUT2D eigenvalue weighted by Gasteiger charge is -2.28. The summed E-state index contributed by atoms with van der Waals surface area (Å²) in [7, 11) is 0. The van der Waals surface area contributed by atoms with Gasteiger partial charge in [-0.3, -0.25) is 4.79 Å². The normalized spacial score (nSPS) is 14.0. The van der Waals surface area contributed by atoms with Gasteiger partial charge < -0.3 is 15.0 Å². The molecule has 0 atom stereocenters. The fraction of sp³-hybridized carbons (Fsp3) is 0.455. The predicted octanol–water partition coefficient (Wildman–Crippen LogP) is 4.79. The van der Waals surface area contributed by atoms with Crippen LogP contribution in [-0.4, -0.2) is 31.6 Å².